The van der Waals surface area contributed by atoms with Crippen molar-refractivity contribution in [2.24, 2.45) is 0 Å². The minimum atomic E-state index is -0.0101. The molecule has 0 bridgehead atoms. The molecular formula is C13H18N2O3. The van der Waals surface area contributed by atoms with E-state index in [1.54, 1.807) is 18.2 Å². The average Bonchev–Trinajstić information content (AvgIpc) is 2.39. The van der Waals surface area contributed by atoms with Gasteiger partial charge in [0.15, 0.2) is 0 Å². The van der Waals surface area contributed by atoms with E-state index in [2.05, 4.69) is 0 Å². The number of anilines is 1. The lowest BCUT2D eigenvalue weighted by Crippen LogP contribution is -2.47. The molecule has 18 heavy (non-hydrogen) atoms. The number of benzene rings is 1. The first kappa shape index (κ1) is 12.7. The van der Waals surface area contributed by atoms with Gasteiger partial charge in [0.05, 0.1) is 32.1 Å². The Hall–Kier alpha value is -1.75. The number of hydrogen-bond acceptors (Lipinski definition) is 4. The van der Waals surface area contributed by atoms with Gasteiger partial charge in [-0.15, -0.1) is 0 Å². The van der Waals surface area contributed by atoms with Gasteiger partial charge in [-0.25, -0.2) is 0 Å². The largest absolute Gasteiger partial charge is 0.495 e. The van der Waals surface area contributed by atoms with Crippen LogP contribution in [0, 0.1) is 0 Å². The highest BCUT2D eigenvalue weighted by Gasteiger charge is 2.25. The van der Waals surface area contributed by atoms with E-state index in [0.29, 0.717) is 36.8 Å². The van der Waals surface area contributed by atoms with Gasteiger partial charge in [0, 0.05) is 12.1 Å². The maximum atomic E-state index is 12.4. The van der Waals surface area contributed by atoms with Crippen LogP contribution >= 0.6 is 0 Å². The van der Waals surface area contributed by atoms with Crippen molar-refractivity contribution in [2.45, 2.75) is 13.0 Å². The van der Waals surface area contributed by atoms with Gasteiger partial charge in [-0.3, -0.25) is 4.79 Å². The van der Waals surface area contributed by atoms with Crippen LogP contribution in [0.25, 0.3) is 0 Å². The van der Waals surface area contributed by atoms with Crippen LogP contribution in [-0.4, -0.2) is 43.7 Å². The molecule has 1 unspecified atom stereocenters. The SMILES string of the molecule is COc1cc(C(=O)N2CCOCC2C)ccc1N. The number of nitrogens with zero attached hydrogens (tertiary/aromatic N) is 1. The molecule has 1 fully saturated rings. The number of nitrogens with two attached hydrogens (primary N) is 1. The predicted molar refractivity (Wildman–Crippen MR) is 68.7 cm³/mol. The standard InChI is InChI=1S/C13H18N2O3/c1-9-8-18-6-5-15(9)13(16)10-3-4-11(14)12(7-10)17-2/h3-4,7,9H,5-6,8,14H2,1-2H3. The van der Waals surface area contributed by atoms with Crippen LogP contribution in [0.5, 0.6) is 5.75 Å². The zero-order valence-electron chi connectivity index (χ0n) is 10.7. The van der Waals surface area contributed by atoms with Gasteiger partial charge in [-0.1, -0.05) is 0 Å². The summed E-state index contributed by atoms with van der Waals surface area (Å²) in [5.74, 6) is 0.519. The molecule has 1 aliphatic heterocycles. The summed E-state index contributed by atoms with van der Waals surface area (Å²) in [5.41, 5.74) is 6.86. The molecule has 0 aromatic heterocycles. The first-order valence-corrected chi connectivity index (χ1v) is 5.95. The topological polar surface area (TPSA) is 64.8 Å². The predicted octanol–water partition coefficient (Wildman–Crippen LogP) is 1.14. The summed E-state index contributed by atoms with van der Waals surface area (Å²) < 4.78 is 10.5. The van der Waals surface area contributed by atoms with Gasteiger partial charge in [0.1, 0.15) is 5.75 Å². The molecule has 1 aromatic carbocycles. The third-order valence-electron chi connectivity index (χ3n) is 3.11. The summed E-state index contributed by atoms with van der Waals surface area (Å²) in [5, 5.41) is 0. The first-order valence-electron chi connectivity index (χ1n) is 5.95. The monoisotopic (exact) mass is 250 g/mol. The van der Waals surface area contributed by atoms with Crippen LogP contribution in [0.4, 0.5) is 5.69 Å². The molecule has 2 rings (SSSR count). The molecule has 0 aliphatic carbocycles. The zero-order valence-corrected chi connectivity index (χ0v) is 10.7. The third-order valence-corrected chi connectivity index (χ3v) is 3.11. The molecule has 98 valence electrons. The molecule has 0 radical (unpaired) electrons. The molecule has 5 nitrogen and oxygen atoms in total. The number of carbonyl (C=O) groups excluding carboxylic acids is 1. The number of methoxy groups -OCH3 is 1. The van der Waals surface area contributed by atoms with Crippen molar-refractivity contribution in [1.29, 1.82) is 0 Å². The van der Waals surface area contributed by atoms with Gasteiger partial charge in [-0.05, 0) is 25.1 Å². The fourth-order valence-electron chi connectivity index (χ4n) is 2.04. The lowest BCUT2D eigenvalue weighted by molar-refractivity contribution is 0.00358. The number of hydrogen-bond donors (Lipinski definition) is 1. The number of morpholine rings is 1. The molecule has 0 saturated carbocycles. The molecule has 1 amide bonds. The van der Waals surface area contributed by atoms with E-state index in [1.807, 2.05) is 11.8 Å². The van der Waals surface area contributed by atoms with E-state index in [9.17, 15) is 4.79 Å². The van der Waals surface area contributed by atoms with Gasteiger partial charge in [-0.2, -0.15) is 0 Å². The lowest BCUT2D eigenvalue weighted by Gasteiger charge is -2.33. The van der Waals surface area contributed by atoms with Crippen LogP contribution in [0.2, 0.25) is 0 Å². The van der Waals surface area contributed by atoms with Crippen LogP contribution in [0.3, 0.4) is 0 Å². The van der Waals surface area contributed by atoms with E-state index < -0.39 is 0 Å². The molecular weight excluding hydrogens is 232 g/mol. The minimum absolute atomic E-state index is 0.0101. The maximum absolute atomic E-state index is 12.4. The van der Waals surface area contributed by atoms with Gasteiger partial charge >= 0.3 is 0 Å². The quantitative estimate of drug-likeness (QED) is 0.799. The van der Waals surface area contributed by atoms with Crippen molar-refractivity contribution in [2.75, 3.05) is 32.6 Å². The average molecular weight is 250 g/mol. The van der Waals surface area contributed by atoms with Gasteiger partial charge in [0.2, 0.25) is 0 Å². The Morgan fingerprint density at radius 3 is 3.00 bits per heavy atom. The van der Waals surface area contributed by atoms with E-state index in [1.165, 1.54) is 7.11 Å². The Morgan fingerprint density at radius 1 is 1.56 bits per heavy atom. The van der Waals surface area contributed by atoms with E-state index >= 15 is 0 Å². The summed E-state index contributed by atoms with van der Waals surface area (Å²) in [7, 11) is 1.54. The molecule has 5 heteroatoms. The highest BCUT2D eigenvalue weighted by molar-refractivity contribution is 5.95. The first-order chi connectivity index (χ1) is 8.63. The molecule has 1 aliphatic rings. The maximum Gasteiger partial charge on any atom is 0.254 e. The Bertz CT molecular complexity index is 448. The van der Waals surface area contributed by atoms with Gasteiger partial charge in [0.25, 0.3) is 5.91 Å². The summed E-state index contributed by atoms with van der Waals surface area (Å²) in [6, 6.07) is 5.19. The number of nitrogen functional groups attached to an aromatic ring is 1. The van der Waals surface area contributed by atoms with E-state index in [-0.39, 0.29) is 11.9 Å². The number of amides is 1. The summed E-state index contributed by atoms with van der Waals surface area (Å²) in [4.78, 5) is 14.2. The minimum Gasteiger partial charge on any atom is -0.495 e. The highest BCUT2D eigenvalue weighted by Crippen LogP contribution is 2.23. The molecule has 1 heterocycles. The molecule has 1 atom stereocenters. The van der Waals surface area contributed by atoms with Crippen LogP contribution in [0.15, 0.2) is 18.2 Å². The zero-order chi connectivity index (χ0) is 13.1. The molecule has 0 spiro atoms. The second kappa shape index (κ2) is 5.27. The fourth-order valence-corrected chi connectivity index (χ4v) is 2.04. The summed E-state index contributed by atoms with van der Waals surface area (Å²) >= 11 is 0. The van der Waals surface area contributed by atoms with Crippen molar-refractivity contribution >= 4 is 11.6 Å². The Balaban J connectivity index is 2.22. The second-order valence-corrected chi connectivity index (χ2v) is 4.38. The summed E-state index contributed by atoms with van der Waals surface area (Å²) in [6.45, 7) is 3.76. The third kappa shape index (κ3) is 2.41. The van der Waals surface area contributed by atoms with Crippen molar-refractivity contribution in [3.8, 4) is 5.75 Å². The van der Waals surface area contributed by atoms with Crippen LogP contribution in [-0.2, 0) is 4.74 Å². The molecule has 2 N–H and O–H groups in total. The van der Waals surface area contributed by atoms with Crippen molar-refractivity contribution in [3.05, 3.63) is 23.8 Å². The number of rotatable bonds is 2. The Kier molecular flexibility index (Phi) is 3.72. The van der Waals surface area contributed by atoms with E-state index in [0.717, 1.165) is 0 Å². The van der Waals surface area contributed by atoms with E-state index in [4.69, 9.17) is 15.2 Å². The van der Waals surface area contributed by atoms with Crippen molar-refractivity contribution in [1.82, 2.24) is 4.90 Å². The van der Waals surface area contributed by atoms with Gasteiger partial charge < -0.3 is 20.1 Å². The van der Waals surface area contributed by atoms with Crippen molar-refractivity contribution in [3.63, 3.8) is 0 Å². The van der Waals surface area contributed by atoms with Crippen LogP contribution < -0.4 is 10.5 Å². The smallest absolute Gasteiger partial charge is 0.254 e. The lowest BCUT2D eigenvalue weighted by atomic mass is 10.1. The summed E-state index contributed by atoms with van der Waals surface area (Å²) in [6.07, 6.45) is 0. The highest BCUT2D eigenvalue weighted by atomic mass is 16.5. The normalized spacial score (nSPS) is 19.7. The van der Waals surface area contributed by atoms with Crippen LogP contribution in [0.1, 0.15) is 17.3 Å². The molecule has 1 saturated heterocycles. The fraction of sp³-hybridized carbons (Fsp3) is 0.462. The number of ether oxygens (including phenoxy) is 2. The Labute approximate surface area is 106 Å². The molecule has 1 aromatic rings. The second-order valence-electron chi connectivity index (χ2n) is 4.38. The number of carbonyl (C=O) groups is 1. The Morgan fingerprint density at radius 2 is 2.33 bits per heavy atom. The van der Waals surface area contributed by atoms with Crippen molar-refractivity contribution < 1.29 is 14.3 Å².